The highest BCUT2D eigenvalue weighted by molar-refractivity contribution is 9.10. The lowest BCUT2D eigenvalue weighted by Crippen LogP contribution is -2.32. The maximum Gasteiger partial charge on any atom is 0.411 e. The predicted molar refractivity (Wildman–Crippen MR) is 67.2 cm³/mol. The van der Waals surface area contributed by atoms with Crippen LogP contribution in [0.2, 0.25) is 0 Å². The van der Waals surface area contributed by atoms with Crippen molar-refractivity contribution in [3.05, 3.63) is 34.3 Å². The van der Waals surface area contributed by atoms with Gasteiger partial charge < -0.3 is 10.5 Å². The Hall–Kier alpha value is -0.590. The van der Waals surface area contributed by atoms with Crippen molar-refractivity contribution in [2.24, 2.45) is 5.73 Å². The molecule has 0 saturated carbocycles. The van der Waals surface area contributed by atoms with Crippen molar-refractivity contribution < 1.29 is 17.9 Å². The number of hydrogen-bond acceptors (Lipinski definition) is 2. The van der Waals surface area contributed by atoms with Gasteiger partial charge in [0.15, 0.2) is 0 Å². The summed E-state index contributed by atoms with van der Waals surface area (Å²) in [6, 6.07) is 6.51. The highest BCUT2D eigenvalue weighted by atomic mass is 79.9. The molecule has 0 aromatic heterocycles. The fourth-order valence-electron chi connectivity index (χ4n) is 1.55. The summed E-state index contributed by atoms with van der Waals surface area (Å²) in [7, 11) is 0. The molecule has 1 aromatic rings. The Morgan fingerprint density at radius 2 is 1.94 bits per heavy atom. The number of nitrogens with two attached hydrogens (primary N) is 1. The van der Waals surface area contributed by atoms with Gasteiger partial charge in [0.25, 0.3) is 0 Å². The molecule has 0 amide bonds. The van der Waals surface area contributed by atoms with Gasteiger partial charge in [0.2, 0.25) is 0 Å². The maximum atomic E-state index is 12.2. The van der Waals surface area contributed by atoms with Crippen molar-refractivity contribution in [2.45, 2.75) is 31.7 Å². The van der Waals surface area contributed by atoms with Crippen LogP contribution in [0.3, 0.4) is 0 Å². The first-order chi connectivity index (χ1) is 8.35. The minimum Gasteiger partial charge on any atom is -0.362 e. The highest BCUT2D eigenvalue weighted by Crippen LogP contribution is 2.30. The number of halogens is 4. The molecule has 1 rings (SSSR count). The molecule has 0 radical (unpaired) electrons. The molecular formula is C12H15BrF3NO. The minimum atomic E-state index is -4.35. The van der Waals surface area contributed by atoms with E-state index in [1.807, 2.05) is 6.92 Å². The van der Waals surface area contributed by atoms with Crippen LogP contribution in [-0.2, 0) is 4.74 Å². The third-order valence-corrected chi connectivity index (χ3v) is 3.22. The smallest absolute Gasteiger partial charge is 0.362 e. The minimum absolute atomic E-state index is 0.481. The lowest BCUT2D eigenvalue weighted by molar-refractivity contribution is -0.188. The summed E-state index contributed by atoms with van der Waals surface area (Å²) in [4.78, 5) is 0. The summed E-state index contributed by atoms with van der Waals surface area (Å²) in [5.74, 6) is 0. The van der Waals surface area contributed by atoms with Crippen molar-refractivity contribution in [1.82, 2.24) is 0 Å². The van der Waals surface area contributed by atoms with E-state index in [-0.39, 0.29) is 0 Å². The number of ether oxygens (including phenoxy) is 1. The van der Waals surface area contributed by atoms with Gasteiger partial charge in [-0.1, -0.05) is 41.1 Å². The van der Waals surface area contributed by atoms with E-state index in [9.17, 15) is 13.2 Å². The lowest BCUT2D eigenvalue weighted by atomic mass is 10.0. The van der Waals surface area contributed by atoms with Crippen molar-refractivity contribution in [1.29, 1.82) is 0 Å². The average Bonchev–Trinajstić information content (AvgIpc) is 2.29. The fourth-order valence-corrected chi connectivity index (χ4v) is 2.06. The van der Waals surface area contributed by atoms with Gasteiger partial charge in [-0.25, -0.2) is 0 Å². The second-order valence-electron chi connectivity index (χ2n) is 3.94. The summed E-state index contributed by atoms with van der Waals surface area (Å²) < 4.78 is 42.3. The molecule has 0 spiro atoms. The summed E-state index contributed by atoms with van der Waals surface area (Å²) >= 11 is 3.30. The van der Waals surface area contributed by atoms with Gasteiger partial charge in [-0.05, 0) is 18.1 Å². The topological polar surface area (TPSA) is 35.2 Å². The van der Waals surface area contributed by atoms with E-state index < -0.39 is 24.9 Å². The van der Waals surface area contributed by atoms with Gasteiger partial charge in [0.05, 0.1) is 6.10 Å². The first-order valence-electron chi connectivity index (χ1n) is 5.53. The zero-order valence-corrected chi connectivity index (χ0v) is 11.5. The second kappa shape index (κ2) is 6.54. The molecule has 0 saturated heterocycles. The van der Waals surface area contributed by atoms with Crippen LogP contribution in [-0.4, -0.2) is 18.8 Å². The van der Waals surface area contributed by atoms with E-state index in [1.54, 1.807) is 24.3 Å². The maximum absolute atomic E-state index is 12.2. The van der Waals surface area contributed by atoms with Crippen molar-refractivity contribution in [3.8, 4) is 0 Å². The molecule has 102 valence electrons. The third kappa shape index (κ3) is 4.59. The van der Waals surface area contributed by atoms with E-state index >= 15 is 0 Å². The predicted octanol–water partition coefficient (Wildman–Crippen LogP) is 3.81. The molecule has 2 unspecified atom stereocenters. The monoisotopic (exact) mass is 325 g/mol. The van der Waals surface area contributed by atoms with Crippen LogP contribution in [0.1, 0.15) is 25.0 Å². The van der Waals surface area contributed by atoms with Gasteiger partial charge in [-0.3, -0.25) is 0 Å². The average molecular weight is 326 g/mol. The van der Waals surface area contributed by atoms with E-state index in [1.165, 1.54) is 0 Å². The van der Waals surface area contributed by atoms with Crippen LogP contribution in [0.25, 0.3) is 0 Å². The number of alkyl halides is 3. The molecule has 0 bridgehead atoms. The Balaban J connectivity index is 2.89. The van der Waals surface area contributed by atoms with Crippen molar-refractivity contribution in [2.75, 3.05) is 6.61 Å². The highest BCUT2D eigenvalue weighted by Gasteiger charge is 2.31. The number of benzene rings is 1. The zero-order chi connectivity index (χ0) is 13.8. The van der Waals surface area contributed by atoms with E-state index in [0.29, 0.717) is 16.5 Å². The Morgan fingerprint density at radius 3 is 2.44 bits per heavy atom. The molecule has 0 fully saturated rings. The van der Waals surface area contributed by atoms with Crippen LogP contribution in [0, 0.1) is 0 Å². The fraction of sp³-hybridized carbons (Fsp3) is 0.500. The summed E-state index contributed by atoms with van der Waals surface area (Å²) in [5.41, 5.74) is 6.47. The SMILES string of the molecule is CCC(N)C(OCC(F)(F)F)c1ccccc1Br. The molecule has 2 N–H and O–H groups in total. The zero-order valence-electron chi connectivity index (χ0n) is 9.88. The lowest BCUT2D eigenvalue weighted by Gasteiger charge is -2.25. The van der Waals surface area contributed by atoms with Crippen molar-refractivity contribution in [3.63, 3.8) is 0 Å². The third-order valence-electron chi connectivity index (χ3n) is 2.50. The Morgan fingerprint density at radius 1 is 1.33 bits per heavy atom. The van der Waals surface area contributed by atoms with Crippen molar-refractivity contribution >= 4 is 15.9 Å². The van der Waals surface area contributed by atoms with Crippen LogP contribution < -0.4 is 5.73 Å². The second-order valence-corrected chi connectivity index (χ2v) is 4.79. The quantitative estimate of drug-likeness (QED) is 0.893. The number of hydrogen-bond donors (Lipinski definition) is 1. The Kier molecular flexibility index (Phi) is 5.62. The molecule has 0 aliphatic rings. The largest absolute Gasteiger partial charge is 0.411 e. The molecule has 0 aliphatic carbocycles. The molecule has 2 nitrogen and oxygen atoms in total. The van der Waals surface area contributed by atoms with E-state index in [2.05, 4.69) is 15.9 Å². The molecule has 0 aliphatic heterocycles. The summed E-state index contributed by atoms with van der Waals surface area (Å²) in [5, 5.41) is 0. The molecule has 0 heterocycles. The summed E-state index contributed by atoms with van der Waals surface area (Å²) in [6.07, 6.45) is -4.59. The molecule has 2 atom stereocenters. The van der Waals surface area contributed by atoms with Crippen LogP contribution in [0.15, 0.2) is 28.7 Å². The van der Waals surface area contributed by atoms with Gasteiger partial charge >= 0.3 is 6.18 Å². The first-order valence-corrected chi connectivity index (χ1v) is 6.32. The van der Waals surface area contributed by atoms with Crippen LogP contribution >= 0.6 is 15.9 Å². The molecular weight excluding hydrogens is 311 g/mol. The first kappa shape index (κ1) is 15.5. The molecule has 1 aromatic carbocycles. The normalized spacial score (nSPS) is 15.4. The van der Waals surface area contributed by atoms with Crippen LogP contribution in [0.4, 0.5) is 13.2 Å². The molecule has 6 heteroatoms. The standard InChI is InChI=1S/C12H15BrF3NO/c1-2-10(17)11(18-7-12(14,15)16)8-5-3-4-6-9(8)13/h3-6,10-11H,2,7,17H2,1H3. The Labute approximate surface area is 112 Å². The van der Waals surface area contributed by atoms with Gasteiger partial charge in [0, 0.05) is 10.5 Å². The van der Waals surface area contributed by atoms with Gasteiger partial charge in [0.1, 0.15) is 6.61 Å². The van der Waals surface area contributed by atoms with Crippen LogP contribution in [0.5, 0.6) is 0 Å². The summed E-state index contributed by atoms with van der Waals surface area (Å²) in [6.45, 7) is 0.512. The molecule has 18 heavy (non-hydrogen) atoms. The number of rotatable bonds is 5. The van der Waals surface area contributed by atoms with E-state index in [0.717, 1.165) is 0 Å². The van der Waals surface area contributed by atoms with E-state index in [4.69, 9.17) is 10.5 Å². The van der Waals surface area contributed by atoms with Gasteiger partial charge in [-0.2, -0.15) is 13.2 Å². The van der Waals surface area contributed by atoms with Gasteiger partial charge in [-0.15, -0.1) is 0 Å². The Bertz CT molecular complexity index is 384.